The van der Waals surface area contributed by atoms with Gasteiger partial charge in [0.2, 0.25) is 0 Å². The van der Waals surface area contributed by atoms with Gasteiger partial charge in [0.05, 0.1) is 17.6 Å². The van der Waals surface area contributed by atoms with Crippen molar-refractivity contribution in [2.45, 2.75) is 6.42 Å². The van der Waals surface area contributed by atoms with Crippen LogP contribution in [-0.2, 0) is 9.84 Å². The molecule has 20 heavy (non-hydrogen) atoms. The first-order valence-corrected chi connectivity index (χ1v) is 8.87. The maximum atomic E-state index is 11.1. The second-order valence-corrected chi connectivity index (χ2v) is 7.51. The Kier molecular flexibility index (Phi) is 4.82. The third kappa shape index (κ3) is 4.64. The first-order valence-electron chi connectivity index (χ1n) is 6.80. The number of hydrogen-bond acceptors (Lipinski definition) is 6. The Morgan fingerprint density at radius 2 is 1.95 bits per heavy atom. The van der Waals surface area contributed by atoms with Crippen molar-refractivity contribution < 1.29 is 8.42 Å². The van der Waals surface area contributed by atoms with Crippen LogP contribution in [0.1, 0.15) is 6.42 Å². The number of nitrogen functional groups attached to an aromatic ring is 1. The molecule has 6 nitrogen and oxygen atoms in total. The standard InChI is InChI=1S/C13H22N4O2S/c1-20(18,19)10-2-5-16-6-8-17(9-7-16)12-3-4-13(14)15-11-12/h3-4,11H,2,5-10H2,1H3,(H2,14,15). The number of sulfone groups is 1. The van der Waals surface area contributed by atoms with Gasteiger partial charge in [-0.15, -0.1) is 0 Å². The minimum Gasteiger partial charge on any atom is -0.384 e. The van der Waals surface area contributed by atoms with Gasteiger partial charge in [0.25, 0.3) is 0 Å². The van der Waals surface area contributed by atoms with Crippen LogP contribution in [0.4, 0.5) is 11.5 Å². The van der Waals surface area contributed by atoms with E-state index in [2.05, 4.69) is 14.8 Å². The summed E-state index contributed by atoms with van der Waals surface area (Å²) in [4.78, 5) is 8.69. The molecule has 2 N–H and O–H groups in total. The summed E-state index contributed by atoms with van der Waals surface area (Å²) in [5, 5.41) is 0. The lowest BCUT2D eigenvalue weighted by atomic mass is 10.2. The monoisotopic (exact) mass is 298 g/mol. The van der Waals surface area contributed by atoms with Crippen molar-refractivity contribution in [3.63, 3.8) is 0 Å². The molecule has 0 saturated carbocycles. The minimum absolute atomic E-state index is 0.273. The molecule has 112 valence electrons. The molecule has 1 fully saturated rings. The quantitative estimate of drug-likeness (QED) is 0.838. The van der Waals surface area contributed by atoms with E-state index in [9.17, 15) is 8.42 Å². The number of rotatable bonds is 5. The van der Waals surface area contributed by atoms with Gasteiger partial charge in [-0.3, -0.25) is 4.90 Å². The van der Waals surface area contributed by atoms with Crippen LogP contribution in [0.15, 0.2) is 18.3 Å². The van der Waals surface area contributed by atoms with Crippen molar-refractivity contribution in [2.75, 3.05) is 55.4 Å². The molecular formula is C13H22N4O2S. The van der Waals surface area contributed by atoms with Crippen LogP contribution >= 0.6 is 0 Å². The third-order valence-corrected chi connectivity index (χ3v) is 4.53. The van der Waals surface area contributed by atoms with Gasteiger partial charge in [0.15, 0.2) is 0 Å². The van der Waals surface area contributed by atoms with Crippen molar-refractivity contribution in [3.8, 4) is 0 Å². The highest BCUT2D eigenvalue weighted by Gasteiger charge is 2.17. The van der Waals surface area contributed by atoms with Crippen LogP contribution in [0.2, 0.25) is 0 Å². The average Bonchev–Trinajstić information content (AvgIpc) is 2.39. The Morgan fingerprint density at radius 3 is 2.50 bits per heavy atom. The third-order valence-electron chi connectivity index (χ3n) is 3.50. The van der Waals surface area contributed by atoms with E-state index in [0.29, 0.717) is 12.2 Å². The summed E-state index contributed by atoms with van der Waals surface area (Å²) in [5.41, 5.74) is 6.67. The molecule has 2 rings (SSSR count). The molecule has 7 heteroatoms. The molecule has 0 bridgehead atoms. The van der Waals surface area contributed by atoms with E-state index in [1.165, 1.54) is 6.26 Å². The SMILES string of the molecule is CS(=O)(=O)CCCN1CCN(c2ccc(N)nc2)CC1. The second-order valence-electron chi connectivity index (χ2n) is 5.25. The van der Waals surface area contributed by atoms with Crippen molar-refractivity contribution in [3.05, 3.63) is 18.3 Å². The van der Waals surface area contributed by atoms with E-state index in [1.54, 1.807) is 6.20 Å². The molecule has 1 saturated heterocycles. The fraction of sp³-hybridized carbons (Fsp3) is 0.615. The van der Waals surface area contributed by atoms with Crippen LogP contribution in [0, 0.1) is 0 Å². The zero-order valence-corrected chi connectivity index (χ0v) is 12.6. The lowest BCUT2D eigenvalue weighted by molar-refractivity contribution is 0.259. The predicted molar refractivity (Wildman–Crippen MR) is 81.6 cm³/mol. The Balaban J connectivity index is 1.76. The normalized spacial score (nSPS) is 17.4. The minimum atomic E-state index is -2.84. The molecule has 1 aromatic heterocycles. The van der Waals surface area contributed by atoms with E-state index >= 15 is 0 Å². The van der Waals surface area contributed by atoms with Crippen molar-refractivity contribution in [1.29, 1.82) is 0 Å². The van der Waals surface area contributed by atoms with Gasteiger partial charge in [-0.1, -0.05) is 0 Å². The Bertz CT molecular complexity index is 522. The topological polar surface area (TPSA) is 79.5 Å². The molecule has 1 aliphatic heterocycles. The zero-order valence-electron chi connectivity index (χ0n) is 11.8. The highest BCUT2D eigenvalue weighted by Crippen LogP contribution is 2.16. The first kappa shape index (κ1) is 15.1. The largest absolute Gasteiger partial charge is 0.384 e. The van der Waals surface area contributed by atoms with Crippen molar-refractivity contribution >= 4 is 21.3 Å². The van der Waals surface area contributed by atoms with Crippen LogP contribution in [0.5, 0.6) is 0 Å². The Labute approximate surface area is 120 Å². The first-order chi connectivity index (χ1) is 9.44. The summed E-state index contributed by atoms with van der Waals surface area (Å²) in [6.45, 7) is 4.62. The molecule has 0 radical (unpaired) electrons. The Morgan fingerprint density at radius 1 is 1.25 bits per heavy atom. The molecule has 1 aliphatic rings. The van der Waals surface area contributed by atoms with Gasteiger partial charge in [-0.25, -0.2) is 13.4 Å². The van der Waals surface area contributed by atoms with E-state index < -0.39 is 9.84 Å². The van der Waals surface area contributed by atoms with E-state index in [1.807, 2.05) is 12.1 Å². The maximum Gasteiger partial charge on any atom is 0.147 e. The summed E-state index contributed by atoms with van der Waals surface area (Å²) in [6, 6.07) is 3.80. The summed E-state index contributed by atoms with van der Waals surface area (Å²) in [7, 11) is -2.84. The molecule has 1 aromatic rings. The van der Waals surface area contributed by atoms with Crippen LogP contribution in [0.3, 0.4) is 0 Å². The number of piperazine rings is 1. The second kappa shape index (κ2) is 6.41. The summed E-state index contributed by atoms with van der Waals surface area (Å²) in [6.07, 6.45) is 3.80. The summed E-state index contributed by atoms with van der Waals surface area (Å²) in [5.74, 6) is 0.808. The predicted octanol–water partition coefficient (Wildman–Crippen LogP) is 0.221. The van der Waals surface area contributed by atoms with Gasteiger partial charge in [-0.05, 0) is 25.1 Å². The number of pyridine rings is 1. The van der Waals surface area contributed by atoms with Crippen LogP contribution in [0.25, 0.3) is 0 Å². The van der Waals surface area contributed by atoms with Gasteiger partial charge >= 0.3 is 0 Å². The molecule has 0 spiro atoms. The molecule has 2 heterocycles. The molecule has 0 atom stereocenters. The van der Waals surface area contributed by atoms with Gasteiger partial charge in [-0.2, -0.15) is 0 Å². The maximum absolute atomic E-state index is 11.1. The number of hydrogen-bond donors (Lipinski definition) is 1. The van der Waals surface area contributed by atoms with E-state index in [0.717, 1.165) is 38.4 Å². The number of nitrogens with zero attached hydrogens (tertiary/aromatic N) is 3. The summed E-state index contributed by atoms with van der Waals surface area (Å²) >= 11 is 0. The zero-order chi connectivity index (χ0) is 14.6. The van der Waals surface area contributed by atoms with Gasteiger partial charge in [0.1, 0.15) is 15.7 Å². The smallest absolute Gasteiger partial charge is 0.147 e. The van der Waals surface area contributed by atoms with Gasteiger partial charge in [0, 0.05) is 32.4 Å². The fourth-order valence-electron chi connectivity index (χ4n) is 2.36. The highest BCUT2D eigenvalue weighted by molar-refractivity contribution is 7.90. The molecule has 0 amide bonds. The van der Waals surface area contributed by atoms with E-state index in [4.69, 9.17) is 5.73 Å². The number of aromatic nitrogens is 1. The fourth-order valence-corrected chi connectivity index (χ4v) is 3.02. The number of anilines is 2. The van der Waals surface area contributed by atoms with Crippen molar-refractivity contribution in [2.24, 2.45) is 0 Å². The van der Waals surface area contributed by atoms with Gasteiger partial charge < -0.3 is 10.6 Å². The molecule has 0 aliphatic carbocycles. The van der Waals surface area contributed by atoms with Crippen molar-refractivity contribution in [1.82, 2.24) is 9.88 Å². The number of nitrogens with two attached hydrogens (primary N) is 1. The lowest BCUT2D eigenvalue weighted by Crippen LogP contribution is -2.46. The Hall–Kier alpha value is -1.34. The average molecular weight is 298 g/mol. The summed E-state index contributed by atoms with van der Waals surface area (Å²) < 4.78 is 22.2. The van der Waals surface area contributed by atoms with Crippen LogP contribution < -0.4 is 10.6 Å². The molecule has 0 aromatic carbocycles. The lowest BCUT2D eigenvalue weighted by Gasteiger charge is -2.35. The molecule has 0 unspecified atom stereocenters. The van der Waals surface area contributed by atoms with Crippen LogP contribution in [-0.4, -0.2) is 63.0 Å². The van der Waals surface area contributed by atoms with E-state index in [-0.39, 0.29) is 5.75 Å². The molecular weight excluding hydrogens is 276 g/mol. The highest BCUT2D eigenvalue weighted by atomic mass is 32.2.